The predicted molar refractivity (Wildman–Crippen MR) is 137 cm³/mol. The first-order chi connectivity index (χ1) is 16.1. The molecular formula is C25H41N3O5S. The maximum Gasteiger partial charge on any atom is 0.408 e. The number of nitrogens with one attached hydrogen (secondary N) is 2. The van der Waals surface area contributed by atoms with Crippen LogP contribution in [0.5, 0.6) is 0 Å². The molecule has 3 N–H and O–H groups in total. The zero-order valence-corrected chi connectivity index (χ0v) is 22.0. The Kier molecular flexibility index (Phi) is 13.0. The van der Waals surface area contributed by atoms with Crippen LogP contribution in [0.3, 0.4) is 0 Å². The van der Waals surface area contributed by atoms with E-state index < -0.39 is 29.7 Å². The fraction of sp³-hybridized carbons (Fsp3) is 0.640. The Morgan fingerprint density at radius 3 is 2.26 bits per heavy atom. The van der Waals surface area contributed by atoms with Crippen molar-refractivity contribution in [2.75, 3.05) is 25.4 Å². The Morgan fingerprint density at radius 1 is 1.12 bits per heavy atom. The van der Waals surface area contributed by atoms with E-state index >= 15 is 0 Å². The number of aliphatic hydroxyl groups is 1. The lowest BCUT2D eigenvalue weighted by atomic mass is 10.0. The lowest BCUT2D eigenvalue weighted by Crippen LogP contribution is -2.54. The number of carbonyl (C=O) groups excluding carboxylic acids is 3. The van der Waals surface area contributed by atoms with Crippen molar-refractivity contribution in [1.29, 1.82) is 0 Å². The number of unbranched alkanes of at least 4 members (excludes halogenated alkanes) is 2. The third kappa shape index (κ3) is 9.93. The SMILES string of the molecule is CCCCCNC(=O)C(c1ccc(CC)cc1)N(CCO)C(=O)C(CS)NC(=O)OC(C)(C)C. The van der Waals surface area contributed by atoms with Crippen LogP contribution in [0, 0.1) is 0 Å². The van der Waals surface area contributed by atoms with Crippen LogP contribution in [0.4, 0.5) is 4.79 Å². The number of aryl methyl sites for hydroxylation is 1. The fourth-order valence-corrected chi connectivity index (χ4v) is 3.65. The van der Waals surface area contributed by atoms with Crippen molar-refractivity contribution >= 4 is 30.5 Å². The molecule has 2 unspecified atom stereocenters. The van der Waals surface area contributed by atoms with E-state index in [0.717, 1.165) is 31.2 Å². The second-order valence-electron chi connectivity index (χ2n) is 9.13. The van der Waals surface area contributed by atoms with Gasteiger partial charge in [0.1, 0.15) is 17.7 Å². The van der Waals surface area contributed by atoms with E-state index in [-0.39, 0.29) is 24.8 Å². The number of nitrogens with zero attached hydrogens (tertiary/aromatic N) is 1. The molecule has 192 valence electrons. The van der Waals surface area contributed by atoms with Gasteiger partial charge in [-0.25, -0.2) is 4.79 Å². The van der Waals surface area contributed by atoms with Crippen LogP contribution in [-0.2, 0) is 20.7 Å². The molecule has 3 amide bonds. The predicted octanol–water partition coefficient (Wildman–Crippen LogP) is 3.24. The number of rotatable bonds is 13. The normalized spacial score (nSPS) is 13.0. The summed E-state index contributed by atoms with van der Waals surface area (Å²) in [5, 5.41) is 15.2. The van der Waals surface area contributed by atoms with Gasteiger partial charge in [-0.2, -0.15) is 12.6 Å². The first-order valence-corrected chi connectivity index (χ1v) is 12.6. The lowest BCUT2D eigenvalue weighted by molar-refractivity contribution is -0.142. The third-order valence-corrected chi connectivity index (χ3v) is 5.50. The molecule has 0 saturated carbocycles. The van der Waals surface area contributed by atoms with Crippen LogP contribution >= 0.6 is 12.6 Å². The number of aliphatic hydroxyl groups excluding tert-OH is 1. The first kappa shape index (κ1) is 29.8. The molecule has 34 heavy (non-hydrogen) atoms. The van der Waals surface area contributed by atoms with Crippen molar-refractivity contribution in [1.82, 2.24) is 15.5 Å². The zero-order valence-electron chi connectivity index (χ0n) is 21.1. The van der Waals surface area contributed by atoms with Crippen LogP contribution in [0.2, 0.25) is 0 Å². The highest BCUT2D eigenvalue weighted by atomic mass is 32.1. The number of alkyl carbamates (subject to hydrolysis) is 1. The number of amides is 3. The Morgan fingerprint density at radius 2 is 1.76 bits per heavy atom. The van der Waals surface area contributed by atoms with E-state index in [1.165, 1.54) is 4.90 Å². The van der Waals surface area contributed by atoms with E-state index in [1.807, 2.05) is 31.2 Å². The zero-order chi connectivity index (χ0) is 25.7. The maximum atomic E-state index is 13.5. The third-order valence-electron chi connectivity index (χ3n) is 5.14. The number of carbonyl (C=O) groups is 3. The summed E-state index contributed by atoms with van der Waals surface area (Å²) in [6.45, 7) is 9.35. The molecule has 1 aromatic carbocycles. The first-order valence-electron chi connectivity index (χ1n) is 12.0. The van der Waals surface area contributed by atoms with Gasteiger partial charge in [-0.15, -0.1) is 0 Å². The van der Waals surface area contributed by atoms with Gasteiger partial charge in [0, 0.05) is 18.8 Å². The van der Waals surface area contributed by atoms with Crippen molar-refractivity contribution in [3.05, 3.63) is 35.4 Å². The van der Waals surface area contributed by atoms with Crippen molar-refractivity contribution < 1.29 is 24.2 Å². The summed E-state index contributed by atoms with van der Waals surface area (Å²) in [7, 11) is 0. The minimum Gasteiger partial charge on any atom is -0.444 e. The molecule has 9 heteroatoms. The molecule has 0 aromatic heterocycles. The molecule has 0 radical (unpaired) electrons. The van der Waals surface area contributed by atoms with Gasteiger partial charge in [-0.3, -0.25) is 9.59 Å². The molecule has 2 atom stereocenters. The molecule has 0 aliphatic heterocycles. The smallest absolute Gasteiger partial charge is 0.408 e. The van der Waals surface area contributed by atoms with Crippen LogP contribution < -0.4 is 10.6 Å². The minimum absolute atomic E-state index is 0.000381. The highest BCUT2D eigenvalue weighted by Crippen LogP contribution is 2.23. The van der Waals surface area contributed by atoms with E-state index in [2.05, 4.69) is 30.2 Å². The van der Waals surface area contributed by atoms with E-state index in [4.69, 9.17) is 4.74 Å². The maximum absolute atomic E-state index is 13.5. The summed E-state index contributed by atoms with van der Waals surface area (Å²) in [5.41, 5.74) is 0.994. The summed E-state index contributed by atoms with van der Waals surface area (Å²) < 4.78 is 5.27. The standard InChI is InChI=1S/C25H41N3O5S/c1-6-8-9-14-26-22(30)21(19-12-10-18(7-2)11-13-19)28(15-16-29)23(31)20(17-34)27-24(32)33-25(3,4)5/h10-13,20-21,29,34H,6-9,14-17H2,1-5H3,(H,26,30)(H,27,32). The summed E-state index contributed by atoms with van der Waals surface area (Å²) in [6.07, 6.45) is 2.92. The Hall–Kier alpha value is -2.26. The molecule has 0 heterocycles. The van der Waals surface area contributed by atoms with E-state index in [9.17, 15) is 19.5 Å². The molecule has 8 nitrogen and oxygen atoms in total. The number of benzene rings is 1. The average molecular weight is 496 g/mol. The van der Waals surface area contributed by atoms with Gasteiger partial charge in [0.25, 0.3) is 0 Å². The lowest BCUT2D eigenvalue weighted by Gasteiger charge is -2.33. The Labute approximate surface area is 209 Å². The second kappa shape index (κ2) is 14.9. The van der Waals surface area contributed by atoms with Gasteiger partial charge in [0.15, 0.2) is 0 Å². The highest BCUT2D eigenvalue weighted by Gasteiger charge is 2.35. The molecule has 0 spiro atoms. The number of hydrogen-bond donors (Lipinski definition) is 4. The molecule has 0 aliphatic rings. The summed E-state index contributed by atoms with van der Waals surface area (Å²) in [6, 6.07) is 5.49. The molecule has 0 aliphatic carbocycles. The number of ether oxygens (including phenoxy) is 1. The highest BCUT2D eigenvalue weighted by molar-refractivity contribution is 7.80. The quantitative estimate of drug-likeness (QED) is 0.248. The number of hydrogen-bond acceptors (Lipinski definition) is 6. The second-order valence-corrected chi connectivity index (χ2v) is 9.50. The van der Waals surface area contributed by atoms with Crippen LogP contribution in [0.15, 0.2) is 24.3 Å². The molecule has 1 rings (SSSR count). The summed E-state index contributed by atoms with van der Waals surface area (Å²) >= 11 is 4.24. The average Bonchev–Trinajstić information content (AvgIpc) is 2.78. The van der Waals surface area contributed by atoms with E-state index in [0.29, 0.717) is 12.1 Å². The molecular weight excluding hydrogens is 454 g/mol. The van der Waals surface area contributed by atoms with Gasteiger partial charge in [0.05, 0.1) is 6.61 Å². The Balaban J connectivity index is 3.24. The summed E-state index contributed by atoms with van der Waals surface area (Å²) in [5.74, 6) is -0.861. The van der Waals surface area contributed by atoms with Gasteiger partial charge in [-0.1, -0.05) is 51.0 Å². The largest absolute Gasteiger partial charge is 0.444 e. The topological polar surface area (TPSA) is 108 Å². The van der Waals surface area contributed by atoms with Gasteiger partial charge in [-0.05, 0) is 44.7 Å². The van der Waals surface area contributed by atoms with Gasteiger partial charge >= 0.3 is 6.09 Å². The minimum atomic E-state index is -1.03. The molecule has 0 bridgehead atoms. The van der Waals surface area contributed by atoms with Crippen molar-refractivity contribution in [2.45, 2.75) is 78.0 Å². The Bertz CT molecular complexity index is 780. The fourth-order valence-electron chi connectivity index (χ4n) is 3.40. The molecule has 1 aromatic rings. The summed E-state index contributed by atoms with van der Waals surface area (Å²) in [4.78, 5) is 40.4. The van der Waals surface area contributed by atoms with Crippen molar-refractivity contribution in [3.63, 3.8) is 0 Å². The van der Waals surface area contributed by atoms with Crippen molar-refractivity contribution in [3.8, 4) is 0 Å². The van der Waals surface area contributed by atoms with Crippen molar-refractivity contribution in [2.24, 2.45) is 0 Å². The number of thiol groups is 1. The van der Waals surface area contributed by atoms with Crippen LogP contribution in [0.1, 0.15) is 71.0 Å². The molecule has 0 saturated heterocycles. The van der Waals surface area contributed by atoms with Crippen LogP contribution in [-0.4, -0.2) is 65.0 Å². The van der Waals surface area contributed by atoms with E-state index in [1.54, 1.807) is 20.8 Å². The van der Waals surface area contributed by atoms with Crippen LogP contribution in [0.25, 0.3) is 0 Å². The monoisotopic (exact) mass is 495 g/mol. The molecule has 0 fully saturated rings. The van der Waals surface area contributed by atoms with Gasteiger partial charge < -0.3 is 25.4 Å². The van der Waals surface area contributed by atoms with Gasteiger partial charge in [0.2, 0.25) is 11.8 Å².